The predicted molar refractivity (Wildman–Crippen MR) is 67.9 cm³/mol. The average Bonchev–Trinajstić information content (AvgIpc) is 2.99. The van der Waals surface area contributed by atoms with Crippen molar-refractivity contribution < 1.29 is 9.90 Å². The molecule has 0 saturated heterocycles. The van der Waals surface area contributed by atoms with E-state index in [0.29, 0.717) is 12.1 Å². The Morgan fingerprint density at radius 3 is 2.94 bits per heavy atom. The van der Waals surface area contributed by atoms with Gasteiger partial charge < -0.3 is 5.11 Å². The first-order chi connectivity index (χ1) is 8.75. The number of hydrogen-bond donors (Lipinski definition) is 1. The minimum absolute atomic E-state index is 0.185. The lowest BCUT2D eigenvalue weighted by atomic mass is 10.2. The van der Waals surface area contributed by atoms with Crippen molar-refractivity contribution in [2.75, 3.05) is 0 Å². The van der Waals surface area contributed by atoms with Gasteiger partial charge >= 0.3 is 5.97 Å². The fraction of sp³-hybridized carbons (Fsp3) is 0.0833. The molecule has 1 aromatic carbocycles. The smallest absolute Gasteiger partial charge is 0.338 e. The largest absolute Gasteiger partial charge is 0.478 e. The van der Waals surface area contributed by atoms with Crippen molar-refractivity contribution in [1.29, 1.82) is 0 Å². The zero-order chi connectivity index (χ0) is 12.5. The van der Waals surface area contributed by atoms with Crippen molar-refractivity contribution in [1.82, 2.24) is 15.0 Å². The number of carbonyl (C=O) groups is 1. The lowest BCUT2D eigenvalue weighted by Crippen LogP contribution is -2.00. The van der Waals surface area contributed by atoms with Crippen LogP contribution in [0.25, 0.3) is 11.0 Å². The normalized spacial score (nSPS) is 10.9. The highest BCUT2D eigenvalue weighted by molar-refractivity contribution is 7.09. The fourth-order valence-corrected chi connectivity index (χ4v) is 2.52. The molecule has 0 bridgehead atoms. The Hall–Kier alpha value is -2.21. The monoisotopic (exact) mass is 259 g/mol. The minimum Gasteiger partial charge on any atom is -0.478 e. The number of rotatable bonds is 3. The van der Waals surface area contributed by atoms with E-state index in [-0.39, 0.29) is 5.56 Å². The van der Waals surface area contributed by atoms with Gasteiger partial charge in [-0.1, -0.05) is 17.3 Å². The van der Waals surface area contributed by atoms with E-state index < -0.39 is 5.97 Å². The van der Waals surface area contributed by atoms with Gasteiger partial charge in [-0.05, 0) is 23.6 Å². The van der Waals surface area contributed by atoms with Gasteiger partial charge in [-0.25, -0.2) is 9.48 Å². The van der Waals surface area contributed by atoms with Crippen molar-refractivity contribution in [3.63, 3.8) is 0 Å². The zero-order valence-corrected chi connectivity index (χ0v) is 10.1. The van der Waals surface area contributed by atoms with Crippen LogP contribution in [0.4, 0.5) is 0 Å². The molecule has 2 aromatic heterocycles. The molecule has 90 valence electrons. The van der Waals surface area contributed by atoms with Crippen molar-refractivity contribution in [2.45, 2.75) is 6.54 Å². The number of carboxylic acid groups (broad SMARTS) is 1. The van der Waals surface area contributed by atoms with Crippen molar-refractivity contribution >= 4 is 28.3 Å². The van der Waals surface area contributed by atoms with Gasteiger partial charge in [0.2, 0.25) is 0 Å². The Morgan fingerprint density at radius 2 is 2.22 bits per heavy atom. The molecule has 0 spiro atoms. The first kappa shape index (κ1) is 10.9. The van der Waals surface area contributed by atoms with Crippen LogP contribution in [0.15, 0.2) is 35.7 Å². The van der Waals surface area contributed by atoms with Crippen LogP contribution in [0.5, 0.6) is 0 Å². The summed E-state index contributed by atoms with van der Waals surface area (Å²) in [4.78, 5) is 12.2. The molecule has 1 N–H and O–H groups in total. The van der Waals surface area contributed by atoms with Crippen LogP contribution in [-0.4, -0.2) is 26.1 Å². The molecular formula is C12H9N3O2S. The molecule has 18 heavy (non-hydrogen) atoms. The van der Waals surface area contributed by atoms with Gasteiger partial charge in [0.25, 0.3) is 0 Å². The highest BCUT2D eigenvalue weighted by Crippen LogP contribution is 2.18. The average molecular weight is 259 g/mol. The first-order valence-corrected chi connectivity index (χ1v) is 6.21. The number of aromatic nitrogens is 3. The summed E-state index contributed by atoms with van der Waals surface area (Å²) in [5, 5.41) is 19.1. The maximum atomic E-state index is 11.1. The summed E-state index contributed by atoms with van der Waals surface area (Å²) in [6, 6.07) is 9.06. The molecule has 0 unspecified atom stereocenters. The molecule has 2 heterocycles. The van der Waals surface area contributed by atoms with Gasteiger partial charge in [-0.2, -0.15) is 0 Å². The topological polar surface area (TPSA) is 68.0 Å². The molecule has 5 nitrogen and oxygen atoms in total. The van der Waals surface area contributed by atoms with Gasteiger partial charge in [0.15, 0.2) is 0 Å². The van der Waals surface area contributed by atoms with E-state index in [1.807, 2.05) is 23.6 Å². The standard InChI is InChI=1S/C12H9N3O2S/c16-12(17)9-4-1-5-10-11(9)13-14-15(10)7-8-3-2-6-18-8/h1-6H,7H2,(H,16,17). The quantitative estimate of drug-likeness (QED) is 0.783. The SMILES string of the molecule is O=C(O)c1cccc2c1nnn2Cc1cccs1. The number of thiophene rings is 1. The van der Waals surface area contributed by atoms with E-state index in [0.717, 1.165) is 10.4 Å². The van der Waals surface area contributed by atoms with Crippen LogP contribution >= 0.6 is 11.3 Å². The molecular weight excluding hydrogens is 250 g/mol. The number of carboxylic acids is 1. The molecule has 3 rings (SSSR count). The highest BCUT2D eigenvalue weighted by atomic mass is 32.1. The van der Waals surface area contributed by atoms with E-state index in [9.17, 15) is 4.79 Å². The first-order valence-electron chi connectivity index (χ1n) is 5.33. The van der Waals surface area contributed by atoms with Gasteiger partial charge in [0, 0.05) is 4.88 Å². The summed E-state index contributed by atoms with van der Waals surface area (Å²) >= 11 is 1.64. The molecule has 0 amide bonds. The molecule has 0 aliphatic carbocycles. The third kappa shape index (κ3) is 1.76. The Bertz CT molecular complexity index is 703. The third-order valence-electron chi connectivity index (χ3n) is 2.66. The van der Waals surface area contributed by atoms with Gasteiger partial charge in [-0.15, -0.1) is 16.4 Å². The predicted octanol–water partition coefficient (Wildman–Crippen LogP) is 2.24. The summed E-state index contributed by atoms with van der Waals surface area (Å²) in [5.41, 5.74) is 1.36. The molecule has 3 aromatic rings. The summed E-state index contributed by atoms with van der Waals surface area (Å²) < 4.78 is 1.72. The maximum Gasteiger partial charge on any atom is 0.338 e. The summed E-state index contributed by atoms with van der Waals surface area (Å²) in [6.45, 7) is 0.608. The van der Waals surface area contributed by atoms with Crippen LogP contribution in [0.1, 0.15) is 15.2 Å². The van der Waals surface area contributed by atoms with Gasteiger partial charge in [0.05, 0.1) is 17.6 Å². The molecule has 0 aliphatic heterocycles. The maximum absolute atomic E-state index is 11.1. The van der Waals surface area contributed by atoms with Crippen LogP contribution in [0, 0.1) is 0 Å². The Morgan fingerprint density at radius 1 is 1.33 bits per heavy atom. The third-order valence-corrected chi connectivity index (χ3v) is 3.52. The van der Waals surface area contributed by atoms with E-state index in [2.05, 4.69) is 10.3 Å². The van der Waals surface area contributed by atoms with Crippen LogP contribution in [0.2, 0.25) is 0 Å². The van der Waals surface area contributed by atoms with Gasteiger partial charge in [-0.3, -0.25) is 0 Å². The zero-order valence-electron chi connectivity index (χ0n) is 9.28. The van der Waals surface area contributed by atoms with Crippen molar-refractivity contribution in [2.24, 2.45) is 0 Å². The molecule has 6 heteroatoms. The van der Waals surface area contributed by atoms with Crippen LogP contribution in [0.3, 0.4) is 0 Å². The number of benzene rings is 1. The van der Waals surface area contributed by atoms with Crippen LogP contribution in [-0.2, 0) is 6.54 Å². The number of hydrogen-bond acceptors (Lipinski definition) is 4. The number of fused-ring (bicyclic) bond motifs is 1. The second-order valence-electron chi connectivity index (χ2n) is 3.80. The Balaban J connectivity index is 2.09. The fourth-order valence-electron chi connectivity index (χ4n) is 1.83. The minimum atomic E-state index is -0.983. The lowest BCUT2D eigenvalue weighted by Gasteiger charge is -2.00. The molecule has 0 saturated carbocycles. The molecule has 0 fully saturated rings. The Labute approximate surface area is 106 Å². The van der Waals surface area contributed by atoms with E-state index in [4.69, 9.17) is 5.11 Å². The molecule has 0 atom stereocenters. The van der Waals surface area contributed by atoms with E-state index in [1.165, 1.54) is 6.07 Å². The highest BCUT2D eigenvalue weighted by Gasteiger charge is 2.13. The second-order valence-corrected chi connectivity index (χ2v) is 4.84. The number of nitrogens with zero attached hydrogens (tertiary/aromatic N) is 3. The van der Waals surface area contributed by atoms with E-state index in [1.54, 1.807) is 22.1 Å². The molecule has 0 aliphatic rings. The van der Waals surface area contributed by atoms with E-state index >= 15 is 0 Å². The number of aromatic carboxylic acids is 1. The van der Waals surface area contributed by atoms with Gasteiger partial charge in [0.1, 0.15) is 5.52 Å². The summed E-state index contributed by atoms with van der Waals surface area (Å²) in [6.07, 6.45) is 0. The molecule has 0 radical (unpaired) electrons. The van der Waals surface area contributed by atoms with Crippen molar-refractivity contribution in [3.8, 4) is 0 Å². The second kappa shape index (κ2) is 4.23. The summed E-state index contributed by atoms with van der Waals surface area (Å²) in [5.74, 6) is -0.983. The van der Waals surface area contributed by atoms with Crippen molar-refractivity contribution in [3.05, 3.63) is 46.2 Å². The van der Waals surface area contributed by atoms with Crippen LogP contribution < -0.4 is 0 Å². The lowest BCUT2D eigenvalue weighted by molar-refractivity contribution is 0.0699. The summed E-state index contributed by atoms with van der Waals surface area (Å²) in [7, 11) is 0. The Kier molecular flexibility index (Phi) is 2.56.